The van der Waals surface area contributed by atoms with E-state index in [1.165, 1.54) is 18.1 Å². The third-order valence-corrected chi connectivity index (χ3v) is 7.76. The molecule has 0 aliphatic heterocycles. The number of fused-ring (bicyclic) bond motifs is 1. The van der Waals surface area contributed by atoms with Gasteiger partial charge in [0.25, 0.3) is 0 Å². The van der Waals surface area contributed by atoms with Crippen LogP contribution >= 0.6 is 0 Å². The molecule has 2 N–H and O–H groups in total. The van der Waals surface area contributed by atoms with E-state index in [0.29, 0.717) is 23.8 Å². The normalized spacial score (nSPS) is 32.2. The molecule has 0 bridgehead atoms. The van der Waals surface area contributed by atoms with E-state index >= 15 is 0 Å². The fourth-order valence-corrected chi connectivity index (χ4v) is 5.69. The highest BCUT2D eigenvalue weighted by Crippen LogP contribution is 2.61. The Morgan fingerprint density at radius 2 is 2.04 bits per heavy atom. The average Bonchev–Trinajstić information content (AvgIpc) is 2.64. The van der Waals surface area contributed by atoms with Crippen molar-refractivity contribution in [2.75, 3.05) is 0 Å². The van der Waals surface area contributed by atoms with Crippen LogP contribution in [0.1, 0.15) is 69.3 Å². The largest absolute Gasteiger partial charge is 0.504 e. The number of ether oxygens (including phenoxy) is 1. The SMILES string of the molecule is C=COC(=O)c1cc(O)c(O)c(CC2(C)C(C)CCC3(C)C(C)=CCCC32)c1. The highest BCUT2D eigenvalue weighted by molar-refractivity contribution is 5.91. The first kappa shape index (κ1) is 20.5. The van der Waals surface area contributed by atoms with Crippen molar-refractivity contribution >= 4 is 5.97 Å². The number of rotatable bonds is 4. The molecule has 0 heterocycles. The fraction of sp³-hybridized carbons (Fsp3) is 0.542. The first-order valence-corrected chi connectivity index (χ1v) is 10.2. The number of hydrogen-bond donors (Lipinski definition) is 2. The first-order chi connectivity index (χ1) is 13.1. The van der Waals surface area contributed by atoms with Crippen LogP contribution in [0.2, 0.25) is 0 Å². The zero-order valence-corrected chi connectivity index (χ0v) is 17.4. The van der Waals surface area contributed by atoms with E-state index < -0.39 is 5.97 Å². The Hall–Kier alpha value is -2.23. The van der Waals surface area contributed by atoms with Gasteiger partial charge in [-0.2, -0.15) is 0 Å². The molecule has 1 saturated carbocycles. The molecule has 2 aliphatic rings. The molecule has 0 aromatic heterocycles. The third-order valence-electron chi connectivity index (χ3n) is 7.76. The van der Waals surface area contributed by atoms with Gasteiger partial charge in [0.15, 0.2) is 11.5 Å². The molecule has 1 aromatic rings. The second kappa shape index (κ2) is 7.31. The molecule has 0 spiro atoms. The number of allylic oxidation sites excluding steroid dienone is 2. The van der Waals surface area contributed by atoms with Crippen LogP contribution in [0.5, 0.6) is 11.5 Å². The lowest BCUT2D eigenvalue weighted by Crippen LogP contribution is -2.50. The summed E-state index contributed by atoms with van der Waals surface area (Å²) in [5.74, 6) is -0.0578. The summed E-state index contributed by atoms with van der Waals surface area (Å²) in [5.41, 5.74) is 2.41. The lowest BCUT2D eigenvalue weighted by Gasteiger charge is -2.58. The molecule has 4 nitrogen and oxygen atoms in total. The summed E-state index contributed by atoms with van der Waals surface area (Å²) in [6, 6.07) is 2.89. The minimum absolute atomic E-state index is 0.0482. The topological polar surface area (TPSA) is 66.8 Å². The van der Waals surface area contributed by atoms with Crippen LogP contribution in [0.15, 0.2) is 36.6 Å². The van der Waals surface area contributed by atoms with Gasteiger partial charge in [-0.25, -0.2) is 4.79 Å². The van der Waals surface area contributed by atoms with Crippen LogP contribution < -0.4 is 0 Å². The summed E-state index contributed by atoms with van der Waals surface area (Å²) in [4.78, 5) is 12.1. The summed E-state index contributed by atoms with van der Waals surface area (Å²) in [6.45, 7) is 12.6. The summed E-state index contributed by atoms with van der Waals surface area (Å²) in [5, 5.41) is 20.8. The van der Waals surface area contributed by atoms with E-state index in [4.69, 9.17) is 4.74 Å². The smallest absolute Gasteiger partial charge is 0.343 e. The monoisotopic (exact) mass is 384 g/mol. The van der Waals surface area contributed by atoms with Crippen LogP contribution in [-0.4, -0.2) is 16.2 Å². The van der Waals surface area contributed by atoms with Gasteiger partial charge in [0.05, 0.1) is 11.8 Å². The van der Waals surface area contributed by atoms with Gasteiger partial charge < -0.3 is 14.9 Å². The Kier molecular flexibility index (Phi) is 5.35. The Morgan fingerprint density at radius 3 is 2.71 bits per heavy atom. The zero-order valence-electron chi connectivity index (χ0n) is 17.4. The number of aromatic hydroxyl groups is 2. The Morgan fingerprint density at radius 1 is 1.32 bits per heavy atom. The molecule has 28 heavy (non-hydrogen) atoms. The molecule has 1 aromatic carbocycles. The van der Waals surface area contributed by atoms with Crippen LogP contribution in [0, 0.1) is 22.7 Å². The van der Waals surface area contributed by atoms with Crippen molar-refractivity contribution in [2.24, 2.45) is 22.7 Å². The Bertz CT molecular complexity index is 824. The van der Waals surface area contributed by atoms with Gasteiger partial charge in [0.2, 0.25) is 0 Å². The van der Waals surface area contributed by atoms with E-state index in [9.17, 15) is 15.0 Å². The van der Waals surface area contributed by atoms with E-state index in [-0.39, 0.29) is 27.9 Å². The average molecular weight is 385 g/mol. The van der Waals surface area contributed by atoms with Gasteiger partial charge in [-0.15, -0.1) is 0 Å². The number of carbonyl (C=O) groups is 1. The second-order valence-corrected chi connectivity index (χ2v) is 9.13. The number of phenolic OH excluding ortho intramolecular Hbond substituents is 2. The molecule has 0 radical (unpaired) electrons. The third kappa shape index (κ3) is 3.23. The van der Waals surface area contributed by atoms with Crippen LogP contribution in [0.3, 0.4) is 0 Å². The van der Waals surface area contributed by atoms with Crippen molar-refractivity contribution in [3.63, 3.8) is 0 Å². The molecule has 152 valence electrons. The summed E-state index contributed by atoms with van der Waals surface area (Å²) in [6.07, 6.45) is 8.56. The van der Waals surface area contributed by atoms with Crippen molar-refractivity contribution in [3.05, 3.63) is 47.7 Å². The van der Waals surface area contributed by atoms with Gasteiger partial charge in [-0.1, -0.05) is 39.0 Å². The molecule has 3 rings (SSSR count). The summed E-state index contributed by atoms with van der Waals surface area (Å²) in [7, 11) is 0. The van der Waals surface area contributed by atoms with Gasteiger partial charge in [-0.3, -0.25) is 0 Å². The van der Waals surface area contributed by atoms with Gasteiger partial charge in [-0.05, 0) is 79.4 Å². The maximum Gasteiger partial charge on any atom is 0.343 e. The van der Waals surface area contributed by atoms with E-state index in [0.717, 1.165) is 25.5 Å². The lowest BCUT2D eigenvalue weighted by molar-refractivity contribution is -0.0412. The van der Waals surface area contributed by atoms with Gasteiger partial charge in [0.1, 0.15) is 0 Å². The van der Waals surface area contributed by atoms with Crippen LogP contribution in [0.25, 0.3) is 0 Å². The zero-order chi connectivity index (χ0) is 20.7. The molecule has 1 fully saturated rings. The number of benzene rings is 1. The fourth-order valence-electron chi connectivity index (χ4n) is 5.69. The van der Waals surface area contributed by atoms with Crippen LogP contribution in [0.4, 0.5) is 0 Å². The number of hydrogen-bond acceptors (Lipinski definition) is 4. The van der Waals surface area contributed by atoms with E-state index in [1.54, 1.807) is 6.07 Å². The molecule has 4 atom stereocenters. The molecule has 0 saturated heterocycles. The second-order valence-electron chi connectivity index (χ2n) is 9.13. The molecular formula is C24H32O4. The first-order valence-electron chi connectivity index (χ1n) is 10.2. The van der Waals surface area contributed by atoms with Gasteiger partial charge >= 0.3 is 5.97 Å². The maximum absolute atomic E-state index is 12.1. The van der Waals surface area contributed by atoms with Crippen molar-refractivity contribution < 1.29 is 19.7 Å². The summed E-state index contributed by atoms with van der Waals surface area (Å²) >= 11 is 0. The minimum Gasteiger partial charge on any atom is -0.504 e. The quantitative estimate of drug-likeness (QED) is 0.301. The molecule has 0 amide bonds. The molecule has 4 unspecified atom stereocenters. The molecular weight excluding hydrogens is 352 g/mol. The highest BCUT2D eigenvalue weighted by Gasteiger charge is 2.53. The Labute approximate surface area is 167 Å². The highest BCUT2D eigenvalue weighted by atomic mass is 16.5. The van der Waals surface area contributed by atoms with E-state index in [1.807, 2.05) is 0 Å². The predicted octanol–water partition coefficient (Wildman–Crippen LogP) is 5.74. The van der Waals surface area contributed by atoms with Crippen molar-refractivity contribution in [3.8, 4) is 11.5 Å². The lowest BCUT2D eigenvalue weighted by atomic mass is 9.47. The predicted molar refractivity (Wildman–Crippen MR) is 110 cm³/mol. The van der Waals surface area contributed by atoms with Crippen molar-refractivity contribution in [1.29, 1.82) is 0 Å². The minimum atomic E-state index is -0.588. The van der Waals surface area contributed by atoms with Crippen molar-refractivity contribution in [1.82, 2.24) is 0 Å². The van der Waals surface area contributed by atoms with Crippen molar-refractivity contribution in [2.45, 2.75) is 59.8 Å². The maximum atomic E-state index is 12.1. The number of esters is 1. The van der Waals surface area contributed by atoms with E-state index in [2.05, 4.69) is 40.3 Å². The molecule has 2 aliphatic carbocycles. The molecule has 4 heteroatoms. The van der Waals surface area contributed by atoms with Crippen LogP contribution in [-0.2, 0) is 11.2 Å². The number of carbonyl (C=O) groups excluding carboxylic acids is 1. The number of phenols is 2. The summed E-state index contributed by atoms with van der Waals surface area (Å²) < 4.78 is 4.85. The Balaban J connectivity index is 2.02. The van der Waals surface area contributed by atoms with Gasteiger partial charge in [0, 0.05) is 0 Å². The standard InChI is InChI=1S/C24H32O4/c1-6-28-22(27)17-12-18(21(26)19(25)13-17)14-24(5)16(3)10-11-23(4)15(2)8-7-9-20(23)24/h6,8,12-13,16,20,25-26H,1,7,9-11,14H2,2-5H3.